The molecule has 0 saturated carbocycles. The summed E-state index contributed by atoms with van der Waals surface area (Å²) in [6.07, 6.45) is 78.8. The third-order valence-corrected chi connectivity index (χ3v) is 11.3. The molecule has 0 spiro atoms. The Balaban J connectivity index is 4.42. The molecule has 0 heterocycles. The molecule has 9 heteroatoms. The largest absolute Gasteiger partial charge is 0.477 e. The van der Waals surface area contributed by atoms with Gasteiger partial charge in [-0.2, -0.15) is 0 Å². The van der Waals surface area contributed by atoms with E-state index >= 15 is 0 Å². The molecule has 0 aliphatic heterocycles. The zero-order chi connectivity index (χ0) is 54.8. The van der Waals surface area contributed by atoms with Crippen molar-refractivity contribution in [3.05, 3.63) is 158 Å². The van der Waals surface area contributed by atoms with Crippen LogP contribution in [0.5, 0.6) is 0 Å². The number of hydrogen-bond donors (Lipinski definition) is 1. The van der Waals surface area contributed by atoms with Crippen molar-refractivity contribution in [3.63, 3.8) is 0 Å². The Hall–Kier alpha value is -5.09. The van der Waals surface area contributed by atoms with E-state index in [0.717, 1.165) is 141 Å². The monoisotopic (exact) mass is 1040 g/mol. The van der Waals surface area contributed by atoms with E-state index in [9.17, 15) is 19.5 Å². The van der Waals surface area contributed by atoms with Crippen LogP contribution in [0.2, 0.25) is 0 Å². The van der Waals surface area contributed by atoms with Crippen molar-refractivity contribution >= 4 is 17.9 Å². The highest BCUT2D eigenvalue weighted by atomic mass is 16.7. The fourth-order valence-electron chi connectivity index (χ4n) is 6.94. The lowest BCUT2D eigenvalue weighted by Crippen LogP contribution is -2.40. The molecular weight excluding hydrogens is 935 g/mol. The molecular formula is C66H104NO8+. The maximum absolute atomic E-state index is 12.9. The van der Waals surface area contributed by atoms with Gasteiger partial charge in [-0.3, -0.25) is 9.59 Å². The fraction of sp³-hybridized carbons (Fsp3) is 0.561. The summed E-state index contributed by atoms with van der Waals surface area (Å²) in [5, 5.41) is 9.70. The Kier molecular flexibility index (Phi) is 51.4. The average molecular weight is 1040 g/mol. The smallest absolute Gasteiger partial charge is 0.361 e. The number of aliphatic carboxylic acids is 1. The van der Waals surface area contributed by atoms with E-state index in [4.69, 9.17) is 18.9 Å². The normalized spacial score (nSPS) is 14.0. The second-order valence-corrected chi connectivity index (χ2v) is 19.5. The van der Waals surface area contributed by atoms with E-state index in [2.05, 4.69) is 172 Å². The maximum atomic E-state index is 12.9. The van der Waals surface area contributed by atoms with Crippen molar-refractivity contribution in [2.75, 3.05) is 47.5 Å². The summed E-state index contributed by atoms with van der Waals surface area (Å²) in [6.45, 7) is 4.56. The predicted octanol–water partition coefficient (Wildman–Crippen LogP) is 17.0. The number of allylic oxidation sites excluding steroid dienone is 26. The highest BCUT2D eigenvalue weighted by Crippen LogP contribution is 2.12. The van der Waals surface area contributed by atoms with Gasteiger partial charge in [-0.1, -0.05) is 204 Å². The lowest BCUT2D eigenvalue weighted by Gasteiger charge is -2.25. The second-order valence-electron chi connectivity index (χ2n) is 19.5. The third-order valence-electron chi connectivity index (χ3n) is 11.3. The molecule has 0 amide bonds. The van der Waals surface area contributed by atoms with Gasteiger partial charge in [0, 0.05) is 12.8 Å². The van der Waals surface area contributed by atoms with Gasteiger partial charge < -0.3 is 28.5 Å². The molecule has 420 valence electrons. The summed E-state index contributed by atoms with van der Waals surface area (Å²) in [5.74, 6) is -2.09. The standard InChI is InChI=1S/C66H103NO8/c1-6-8-10-12-14-16-18-20-22-24-26-28-29-30-31-32-33-34-35-37-39-41-43-45-47-49-51-53-55-57-64(69)75-62(61-74-66(65(70)71)72-59-58-67(3,4)5)60-73-63(68)56-54-52-50-48-46-44-42-40-38-36-27-25-23-21-19-17-15-13-11-9-7-2/h8-11,14-17,20-23,26-28,30-31,33-34,36-37,39-40,42-43,45,62,66H,6-7,12-13,18-19,24-25,29,32,35,38,41,44,46-61H2,1-5H3/p+1/b10-8-,11-9-,16-14-,17-15-,22-20-,23-21-,28-26-,31-30-,34-33-,36-27-,39-37-,42-40-,45-43-. The molecule has 0 aliphatic carbocycles. The average Bonchev–Trinajstić information content (AvgIpc) is 3.38. The summed E-state index contributed by atoms with van der Waals surface area (Å²) in [4.78, 5) is 37.4. The SMILES string of the molecule is CC/C=C\C/C=C\C/C=C\C/C=C\C/C=C\C/C=C\C/C=C\C/C=C\CCCCCCC(=O)OC(COC(=O)CCCCCCC/C=C\C/C=C\C/C=C\C/C=C\C/C=C\CC)COC(OCC[N+](C)(C)C)C(=O)O. The van der Waals surface area contributed by atoms with Crippen LogP contribution < -0.4 is 0 Å². The first-order valence-electron chi connectivity index (χ1n) is 28.6. The second kappa shape index (κ2) is 55.2. The van der Waals surface area contributed by atoms with Gasteiger partial charge >= 0.3 is 17.9 Å². The van der Waals surface area contributed by atoms with E-state index in [1.165, 1.54) is 0 Å². The first kappa shape index (κ1) is 69.9. The molecule has 9 nitrogen and oxygen atoms in total. The van der Waals surface area contributed by atoms with Crippen molar-refractivity contribution in [2.24, 2.45) is 0 Å². The van der Waals surface area contributed by atoms with Gasteiger partial charge in [0.25, 0.3) is 6.29 Å². The van der Waals surface area contributed by atoms with Crippen LogP contribution in [-0.2, 0) is 33.3 Å². The molecule has 0 aromatic rings. The number of rotatable bonds is 50. The summed E-state index contributed by atoms with van der Waals surface area (Å²) in [7, 11) is 5.93. The summed E-state index contributed by atoms with van der Waals surface area (Å²) in [6, 6.07) is 0. The molecule has 0 radical (unpaired) electrons. The van der Waals surface area contributed by atoms with Crippen molar-refractivity contribution in [1.82, 2.24) is 0 Å². The molecule has 0 saturated heterocycles. The van der Waals surface area contributed by atoms with Crippen LogP contribution in [0.15, 0.2) is 158 Å². The highest BCUT2D eigenvalue weighted by molar-refractivity contribution is 5.71. The minimum atomic E-state index is -1.53. The molecule has 0 aromatic heterocycles. The number of unbranched alkanes of at least 4 members (excludes halogenated alkanes) is 9. The van der Waals surface area contributed by atoms with E-state index in [1.54, 1.807) is 0 Å². The minimum absolute atomic E-state index is 0.169. The third kappa shape index (κ3) is 56.5. The van der Waals surface area contributed by atoms with Crippen LogP contribution in [0.25, 0.3) is 0 Å². The van der Waals surface area contributed by atoms with E-state index < -0.39 is 24.3 Å². The lowest BCUT2D eigenvalue weighted by atomic mass is 10.1. The Morgan fingerprint density at radius 3 is 1.07 bits per heavy atom. The molecule has 75 heavy (non-hydrogen) atoms. The highest BCUT2D eigenvalue weighted by Gasteiger charge is 2.25. The molecule has 0 aliphatic rings. The van der Waals surface area contributed by atoms with Gasteiger partial charge in [0.1, 0.15) is 13.2 Å². The quantitative estimate of drug-likeness (QED) is 0.0211. The molecule has 2 atom stereocenters. The van der Waals surface area contributed by atoms with Gasteiger partial charge in [-0.15, -0.1) is 0 Å². The van der Waals surface area contributed by atoms with Gasteiger partial charge in [-0.25, -0.2) is 4.79 Å². The van der Waals surface area contributed by atoms with E-state index in [0.29, 0.717) is 23.9 Å². The predicted molar refractivity (Wildman–Crippen MR) is 317 cm³/mol. The van der Waals surface area contributed by atoms with Crippen LogP contribution in [0.1, 0.15) is 181 Å². The minimum Gasteiger partial charge on any atom is -0.477 e. The van der Waals surface area contributed by atoms with Gasteiger partial charge in [-0.05, 0) is 122 Å². The number of ether oxygens (including phenoxy) is 4. The number of carboxylic acids is 1. The number of carboxylic acid groups (broad SMARTS) is 1. The Morgan fingerprint density at radius 2 is 0.720 bits per heavy atom. The number of likely N-dealkylation sites (N-methyl/N-ethyl adjacent to an activating group) is 1. The van der Waals surface area contributed by atoms with Crippen molar-refractivity contribution in [3.8, 4) is 0 Å². The first-order chi connectivity index (χ1) is 36.6. The molecule has 2 unspecified atom stereocenters. The van der Waals surface area contributed by atoms with Crippen LogP contribution in [-0.4, -0.2) is 87.4 Å². The van der Waals surface area contributed by atoms with Gasteiger partial charge in [0.2, 0.25) is 0 Å². The van der Waals surface area contributed by atoms with Crippen LogP contribution in [0, 0.1) is 0 Å². The number of esters is 2. The van der Waals surface area contributed by atoms with E-state index in [-0.39, 0.29) is 38.6 Å². The molecule has 0 bridgehead atoms. The number of hydrogen-bond acceptors (Lipinski definition) is 7. The van der Waals surface area contributed by atoms with Crippen LogP contribution in [0.4, 0.5) is 0 Å². The Morgan fingerprint density at radius 1 is 0.400 bits per heavy atom. The number of quaternary nitrogens is 1. The van der Waals surface area contributed by atoms with Gasteiger partial charge in [0.15, 0.2) is 6.10 Å². The molecule has 0 rings (SSSR count). The van der Waals surface area contributed by atoms with Crippen LogP contribution in [0.3, 0.4) is 0 Å². The number of carbonyl (C=O) groups is 3. The first-order valence-corrected chi connectivity index (χ1v) is 28.6. The van der Waals surface area contributed by atoms with Crippen molar-refractivity contribution < 1.29 is 42.9 Å². The van der Waals surface area contributed by atoms with Crippen LogP contribution >= 0.6 is 0 Å². The zero-order valence-electron chi connectivity index (χ0n) is 47.6. The zero-order valence-corrected chi connectivity index (χ0v) is 47.6. The topological polar surface area (TPSA) is 108 Å². The fourth-order valence-corrected chi connectivity index (χ4v) is 6.94. The summed E-state index contributed by atoms with van der Waals surface area (Å²) in [5.41, 5.74) is 0. The lowest BCUT2D eigenvalue weighted by molar-refractivity contribution is -0.870. The number of carbonyl (C=O) groups excluding carboxylic acids is 2. The summed E-state index contributed by atoms with van der Waals surface area (Å²) < 4.78 is 22.8. The molecule has 0 fully saturated rings. The Labute approximate surface area is 457 Å². The summed E-state index contributed by atoms with van der Waals surface area (Å²) >= 11 is 0. The van der Waals surface area contributed by atoms with Crippen molar-refractivity contribution in [2.45, 2.75) is 193 Å². The van der Waals surface area contributed by atoms with Crippen molar-refractivity contribution in [1.29, 1.82) is 0 Å². The van der Waals surface area contributed by atoms with Gasteiger partial charge in [0.05, 0.1) is 34.4 Å². The Bertz CT molecular complexity index is 1780. The molecule has 0 aromatic carbocycles. The maximum Gasteiger partial charge on any atom is 0.361 e. The van der Waals surface area contributed by atoms with E-state index in [1.807, 2.05) is 21.1 Å². The number of nitrogens with zero attached hydrogens (tertiary/aromatic N) is 1. The molecule has 1 N–H and O–H groups in total.